The number of nitrogens with zero attached hydrogens (tertiary/aromatic N) is 2. The number of benzene rings is 1. The van der Waals surface area contributed by atoms with Crippen LogP contribution in [0.4, 0.5) is 4.39 Å². The minimum atomic E-state index is -0.216. The summed E-state index contributed by atoms with van der Waals surface area (Å²) in [5.41, 5.74) is 1.65. The zero-order valence-corrected chi connectivity index (χ0v) is 9.20. The lowest BCUT2D eigenvalue weighted by Crippen LogP contribution is -2.13. The summed E-state index contributed by atoms with van der Waals surface area (Å²) in [6, 6.07) is 4.68. The molecule has 0 radical (unpaired) electrons. The summed E-state index contributed by atoms with van der Waals surface area (Å²) in [6.07, 6.45) is 1.12. The Bertz CT molecular complexity index is 520. The van der Waals surface area contributed by atoms with E-state index in [4.69, 9.17) is 0 Å². The van der Waals surface area contributed by atoms with Gasteiger partial charge in [0.05, 0.1) is 11.0 Å². The highest BCUT2D eigenvalue weighted by Gasteiger charge is 2.23. The maximum Gasteiger partial charge on any atom is 0.125 e. The number of aromatic amines is 1. The van der Waals surface area contributed by atoms with Crippen molar-refractivity contribution in [2.75, 3.05) is 20.1 Å². The number of hydrogen-bond donors (Lipinski definition) is 1. The Morgan fingerprint density at radius 2 is 2.38 bits per heavy atom. The molecule has 0 aliphatic carbocycles. The zero-order chi connectivity index (χ0) is 11.1. The number of fused-ring (bicyclic) bond motifs is 1. The highest BCUT2D eigenvalue weighted by molar-refractivity contribution is 5.75. The van der Waals surface area contributed by atoms with Gasteiger partial charge in [-0.25, -0.2) is 9.37 Å². The molecular weight excluding hydrogens is 205 g/mol. The molecule has 0 unspecified atom stereocenters. The molecule has 1 aromatic heterocycles. The minimum Gasteiger partial charge on any atom is -0.342 e. The average Bonchev–Trinajstić information content (AvgIpc) is 2.83. The van der Waals surface area contributed by atoms with E-state index in [0.717, 1.165) is 36.4 Å². The first-order valence-corrected chi connectivity index (χ1v) is 5.56. The van der Waals surface area contributed by atoms with E-state index in [1.54, 1.807) is 6.07 Å². The van der Waals surface area contributed by atoms with Crippen LogP contribution < -0.4 is 0 Å². The van der Waals surface area contributed by atoms with Crippen molar-refractivity contribution in [3.63, 3.8) is 0 Å². The Morgan fingerprint density at radius 3 is 3.12 bits per heavy atom. The van der Waals surface area contributed by atoms with Crippen molar-refractivity contribution in [3.8, 4) is 0 Å². The molecule has 2 heterocycles. The highest BCUT2D eigenvalue weighted by Crippen LogP contribution is 2.26. The highest BCUT2D eigenvalue weighted by atomic mass is 19.1. The summed E-state index contributed by atoms with van der Waals surface area (Å²) in [6.45, 7) is 2.14. The molecular formula is C12H14FN3. The number of halogens is 1. The fourth-order valence-corrected chi connectivity index (χ4v) is 2.35. The van der Waals surface area contributed by atoms with Crippen molar-refractivity contribution in [3.05, 3.63) is 29.8 Å². The Balaban J connectivity index is 1.99. The van der Waals surface area contributed by atoms with E-state index in [1.165, 1.54) is 12.1 Å². The van der Waals surface area contributed by atoms with Crippen LogP contribution in [0.15, 0.2) is 18.2 Å². The van der Waals surface area contributed by atoms with Crippen molar-refractivity contribution in [1.82, 2.24) is 14.9 Å². The average molecular weight is 219 g/mol. The van der Waals surface area contributed by atoms with E-state index in [9.17, 15) is 4.39 Å². The van der Waals surface area contributed by atoms with Gasteiger partial charge in [0.1, 0.15) is 11.6 Å². The first-order valence-electron chi connectivity index (χ1n) is 5.56. The standard InChI is InChI=1S/C12H14FN3/c1-16-5-4-8(7-16)12-14-10-3-2-9(13)6-11(10)15-12/h2-3,6,8H,4-5,7H2,1H3,(H,14,15)/t8-/m0/s1. The molecule has 4 heteroatoms. The quantitative estimate of drug-likeness (QED) is 0.796. The van der Waals surface area contributed by atoms with Crippen molar-refractivity contribution in [2.45, 2.75) is 12.3 Å². The largest absolute Gasteiger partial charge is 0.342 e. The second kappa shape index (κ2) is 3.56. The van der Waals surface area contributed by atoms with Gasteiger partial charge in [-0.15, -0.1) is 0 Å². The van der Waals surface area contributed by atoms with Gasteiger partial charge in [0.2, 0.25) is 0 Å². The Labute approximate surface area is 93.3 Å². The summed E-state index contributed by atoms with van der Waals surface area (Å²) in [4.78, 5) is 10.0. The van der Waals surface area contributed by atoms with Crippen LogP contribution >= 0.6 is 0 Å². The van der Waals surface area contributed by atoms with Gasteiger partial charge in [-0.1, -0.05) is 0 Å². The lowest BCUT2D eigenvalue weighted by Gasteiger charge is -2.06. The predicted octanol–water partition coefficient (Wildman–Crippen LogP) is 2.12. The molecule has 0 spiro atoms. The SMILES string of the molecule is CN1CC[C@H](c2nc3ccc(F)cc3[nH]2)C1. The molecule has 2 aromatic rings. The Kier molecular flexibility index (Phi) is 2.17. The third-order valence-electron chi connectivity index (χ3n) is 3.24. The maximum atomic E-state index is 13.0. The van der Waals surface area contributed by atoms with E-state index in [2.05, 4.69) is 21.9 Å². The fraction of sp³-hybridized carbons (Fsp3) is 0.417. The number of hydrogen-bond acceptors (Lipinski definition) is 2. The minimum absolute atomic E-state index is 0.216. The third-order valence-corrected chi connectivity index (χ3v) is 3.24. The molecule has 84 valence electrons. The first kappa shape index (κ1) is 9.78. The zero-order valence-electron chi connectivity index (χ0n) is 9.20. The molecule has 1 aromatic carbocycles. The van der Waals surface area contributed by atoms with Gasteiger partial charge in [0, 0.05) is 12.5 Å². The van der Waals surface area contributed by atoms with Crippen molar-refractivity contribution in [1.29, 1.82) is 0 Å². The first-order chi connectivity index (χ1) is 7.72. The number of nitrogens with one attached hydrogen (secondary N) is 1. The number of likely N-dealkylation sites (tertiary alicyclic amines) is 1. The van der Waals surface area contributed by atoms with Crippen LogP contribution in [-0.4, -0.2) is 35.0 Å². The van der Waals surface area contributed by atoms with Gasteiger partial charge in [-0.3, -0.25) is 0 Å². The molecule has 1 aliphatic heterocycles. The van der Waals surface area contributed by atoms with Gasteiger partial charge < -0.3 is 9.88 Å². The normalized spacial score (nSPS) is 22.0. The molecule has 1 atom stereocenters. The van der Waals surface area contributed by atoms with E-state index >= 15 is 0 Å². The lowest BCUT2D eigenvalue weighted by atomic mass is 10.1. The van der Waals surface area contributed by atoms with Gasteiger partial charge in [-0.2, -0.15) is 0 Å². The van der Waals surface area contributed by atoms with Crippen LogP contribution in [0.25, 0.3) is 11.0 Å². The van der Waals surface area contributed by atoms with Crippen LogP contribution in [0.2, 0.25) is 0 Å². The van der Waals surface area contributed by atoms with Crippen LogP contribution in [0.5, 0.6) is 0 Å². The maximum absolute atomic E-state index is 13.0. The van der Waals surface area contributed by atoms with E-state index in [1.807, 2.05) is 0 Å². The van der Waals surface area contributed by atoms with Gasteiger partial charge in [-0.05, 0) is 38.2 Å². The summed E-state index contributed by atoms with van der Waals surface area (Å²) in [5, 5.41) is 0. The summed E-state index contributed by atoms with van der Waals surface area (Å²) in [5.74, 6) is 1.23. The number of aromatic nitrogens is 2. The molecule has 0 bridgehead atoms. The third kappa shape index (κ3) is 1.59. The van der Waals surface area contributed by atoms with Crippen LogP contribution in [0, 0.1) is 5.82 Å². The van der Waals surface area contributed by atoms with Crippen LogP contribution in [0.3, 0.4) is 0 Å². The van der Waals surface area contributed by atoms with Crippen LogP contribution in [-0.2, 0) is 0 Å². The van der Waals surface area contributed by atoms with E-state index < -0.39 is 0 Å². The molecule has 3 nitrogen and oxygen atoms in total. The molecule has 16 heavy (non-hydrogen) atoms. The number of H-pyrrole nitrogens is 1. The summed E-state index contributed by atoms with van der Waals surface area (Å²) >= 11 is 0. The molecule has 0 amide bonds. The number of likely N-dealkylation sites (N-methyl/N-ethyl adjacent to an activating group) is 1. The second-order valence-corrected chi connectivity index (χ2v) is 4.53. The number of rotatable bonds is 1. The van der Waals surface area contributed by atoms with Gasteiger partial charge >= 0.3 is 0 Å². The Hall–Kier alpha value is -1.42. The molecule has 1 fully saturated rings. The monoisotopic (exact) mass is 219 g/mol. The molecule has 1 aliphatic rings. The fourth-order valence-electron chi connectivity index (χ4n) is 2.35. The smallest absolute Gasteiger partial charge is 0.125 e. The van der Waals surface area contributed by atoms with E-state index in [0.29, 0.717) is 5.92 Å². The van der Waals surface area contributed by atoms with Gasteiger partial charge in [0.15, 0.2) is 0 Å². The van der Waals surface area contributed by atoms with Crippen LogP contribution in [0.1, 0.15) is 18.2 Å². The second-order valence-electron chi connectivity index (χ2n) is 4.53. The summed E-state index contributed by atoms with van der Waals surface area (Å²) < 4.78 is 13.0. The molecule has 1 N–H and O–H groups in total. The van der Waals surface area contributed by atoms with E-state index in [-0.39, 0.29) is 5.82 Å². The number of imidazole rings is 1. The Morgan fingerprint density at radius 1 is 1.50 bits per heavy atom. The summed E-state index contributed by atoms with van der Waals surface area (Å²) in [7, 11) is 2.11. The molecule has 3 rings (SSSR count). The van der Waals surface area contributed by atoms with Crippen molar-refractivity contribution >= 4 is 11.0 Å². The predicted molar refractivity (Wildman–Crippen MR) is 60.9 cm³/mol. The molecule has 0 saturated carbocycles. The topological polar surface area (TPSA) is 31.9 Å². The molecule has 1 saturated heterocycles. The van der Waals surface area contributed by atoms with Crippen molar-refractivity contribution < 1.29 is 4.39 Å². The van der Waals surface area contributed by atoms with Crippen molar-refractivity contribution in [2.24, 2.45) is 0 Å². The van der Waals surface area contributed by atoms with Gasteiger partial charge in [0.25, 0.3) is 0 Å². The lowest BCUT2D eigenvalue weighted by molar-refractivity contribution is 0.410.